The maximum atomic E-state index is 12.4. The third-order valence-corrected chi connectivity index (χ3v) is 4.19. The van der Waals surface area contributed by atoms with Crippen LogP contribution in [0.25, 0.3) is 0 Å². The molecule has 0 aromatic heterocycles. The molecule has 1 unspecified atom stereocenters. The van der Waals surface area contributed by atoms with Crippen molar-refractivity contribution in [2.24, 2.45) is 11.3 Å². The van der Waals surface area contributed by atoms with E-state index >= 15 is 0 Å². The van der Waals surface area contributed by atoms with E-state index in [9.17, 15) is 4.79 Å². The summed E-state index contributed by atoms with van der Waals surface area (Å²) in [6.45, 7) is 15.2. The molecule has 1 rings (SSSR count). The Morgan fingerprint density at radius 3 is 1.94 bits per heavy atom. The standard InChI is InChI=1S/C17H28O/c1-11(2)13-8-14(17(5,6)7)10-16(18)15(9-13)12(3)4/h14H,8-10H2,1-7H3. The van der Waals surface area contributed by atoms with Crippen LogP contribution in [0.5, 0.6) is 0 Å². The average Bonchev–Trinajstić information content (AvgIpc) is 2.36. The Labute approximate surface area is 112 Å². The normalized spacial score (nSPS) is 21.9. The number of carbonyl (C=O) groups excluding carboxylic acids is 1. The molecule has 1 fully saturated rings. The molecule has 0 aromatic rings. The summed E-state index contributed by atoms with van der Waals surface area (Å²) < 4.78 is 0. The Kier molecular flexibility index (Phi) is 4.58. The van der Waals surface area contributed by atoms with E-state index in [1.54, 1.807) is 0 Å². The minimum absolute atomic E-state index is 0.202. The molecular formula is C17H28O. The molecule has 1 saturated carbocycles. The van der Waals surface area contributed by atoms with Crippen molar-refractivity contribution < 1.29 is 4.79 Å². The minimum atomic E-state index is 0.202. The molecule has 0 heterocycles. The van der Waals surface area contributed by atoms with Gasteiger partial charge in [-0.05, 0) is 57.4 Å². The highest BCUT2D eigenvalue weighted by atomic mass is 16.1. The predicted octanol–water partition coefficient (Wildman–Crippen LogP) is 5.07. The molecule has 0 aliphatic heterocycles. The van der Waals surface area contributed by atoms with Gasteiger partial charge in [0.2, 0.25) is 0 Å². The number of hydrogen-bond acceptors (Lipinski definition) is 1. The molecule has 102 valence electrons. The number of allylic oxidation sites excluding steroid dienone is 4. The molecule has 0 aromatic carbocycles. The van der Waals surface area contributed by atoms with E-state index in [2.05, 4.69) is 48.5 Å². The fraction of sp³-hybridized carbons (Fsp3) is 0.706. The van der Waals surface area contributed by atoms with Crippen molar-refractivity contribution in [1.29, 1.82) is 0 Å². The Morgan fingerprint density at radius 2 is 1.56 bits per heavy atom. The molecule has 1 heteroatoms. The first-order valence-corrected chi connectivity index (χ1v) is 6.97. The van der Waals surface area contributed by atoms with E-state index in [4.69, 9.17) is 0 Å². The van der Waals surface area contributed by atoms with Crippen LogP contribution in [-0.4, -0.2) is 5.78 Å². The summed E-state index contributed by atoms with van der Waals surface area (Å²) in [6.07, 6.45) is 2.66. The smallest absolute Gasteiger partial charge is 0.159 e. The number of rotatable bonds is 0. The molecule has 0 spiro atoms. The van der Waals surface area contributed by atoms with Gasteiger partial charge in [-0.2, -0.15) is 0 Å². The number of carbonyl (C=O) groups is 1. The van der Waals surface area contributed by atoms with Gasteiger partial charge >= 0.3 is 0 Å². The van der Waals surface area contributed by atoms with Gasteiger partial charge in [-0.3, -0.25) is 4.79 Å². The van der Waals surface area contributed by atoms with E-state index in [1.165, 1.54) is 16.7 Å². The van der Waals surface area contributed by atoms with Gasteiger partial charge < -0.3 is 0 Å². The summed E-state index contributed by atoms with van der Waals surface area (Å²) in [6, 6.07) is 0. The summed E-state index contributed by atoms with van der Waals surface area (Å²) in [5.74, 6) is 0.831. The lowest BCUT2D eigenvalue weighted by Crippen LogP contribution is -2.22. The molecule has 0 radical (unpaired) electrons. The average molecular weight is 248 g/mol. The van der Waals surface area contributed by atoms with Crippen LogP contribution in [0.1, 0.15) is 67.7 Å². The van der Waals surface area contributed by atoms with Crippen molar-refractivity contribution in [1.82, 2.24) is 0 Å². The summed E-state index contributed by atoms with van der Waals surface area (Å²) in [5.41, 5.74) is 5.30. The first-order valence-electron chi connectivity index (χ1n) is 6.97. The van der Waals surface area contributed by atoms with Gasteiger partial charge in [0.15, 0.2) is 5.78 Å². The molecule has 0 saturated heterocycles. The van der Waals surface area contributed by atoms with Crippen LogP contribution < -0.4 is 0 Å². The molecule has 1 aliphatic rings. The van der Waals surface area contributed by atoms with E-state index in [0.29, 0.717) is 18.1 Å². The topological polar surface area (TPSA) is 17.1 Å². The quantitative estimate of drug-likeness (QED) is 0.332. The second-order valence-electron chi connectivity index (χ2n) is 7.15. The van der Waals surface area contributed by atoms with E-state index in [-0.39, 0.29) is 5.41 Å². The van der Waals surface area contributed by atoms with Crippen LogP contribution in [0.2, 0.25) is 0 Å². The van der Waals surface area contributed by atoms with Gasteiger partial charge in [0, 0.05) is 6.42 Å². The third-order valence-electron chi connectivity index (χ3n) is 4.19. The van der Waals surface area contributed by atoms with Crippen molar-refractivity contribution in [3.8, 4) is 0 Å². The second kappa shape index (κ2) is 5.42. The van der Waals surface area contributed by atoms with Crippen LogP contribution in [0.15, 0.2) is 22.3 Å². The van der Waals surface area contributed by atoms with Gasteiger partial charge in [0.25, 0.3) is 0 Å². The van der Waals surface area contributed by atoms with Crippen molar-refractivity contribution in [3.63, 3.8) is 0 Å². The highest BCUT2D eigenvalue weighted by Gasteiger charge is 2.32. The van der Waals surface area contributed by atoms with Crippen molar-refractivity contribution in [3.05, 3.63) is 22.3 Å². The van der Waals surface area contributed by atoms with E-state index in [0.717, 1.165) is 18.4 Å². The maximum absolute atomic E-state index is 12.4. The monoisotopic (exact) mass is 248 g/mol. The molecule has 1 nitrogen and oxygen atoms in total. The zero-order chi connectivity index (χ0) is 14.1. The first kappa shape index (κ1) is 15.2. The van der Waals surface area contributed by atoms with Gasteiger partial charge in [-0.15, -0.1) is 0 Å². The predicted molar refractivity (Wildman–Crippen MR) is 78.6 cm³/mol. The second-order valence-corrected chi connectivity index (χ2v) is 7.15. The number of hydrogen-bond donors (Lipinski definition) is 0. The molecule has 0 bridgehead atoms. The lowest BCUT2D eigenvalue weighted by molar-refractivity contribution is -0.117. The molecule has 1 aliphatic carbocycles. The molecular weight excluding hydrogens is 220 g/mol. The summed E-state index contributed by atoms with van der Waals surface area (Å²) >= 11 is 0. The summed E-state index contributed by atoms with van der Waals surface area (Å²) in [4.78, 5) is 12.4. The summed E-state index contributed by atoms with van der Waals surface area (Å²) in [7, 11) is 0. The van der Waals surface area contributed by atoms with Gasteiger partial charge in [0.1, 0.15) is 0 Å². The van der Waals surface area contributed by atoms with Gasteiger partial charge in [0.05, 0.1) is 0 Å². The van der Waals surface area contributed by atoms with Crippen molar-refractivity contribution in [2.45, 2.75) is 67.7 Å². The van der Waals surface area contributed by atoms with Crippen LogP contribution in [0.3, 0.4) is 0 Å². The Balaban J connectivity index is 3.20. The Bertz CT molecular complexity index is 394. The van der Waals surface area contributed by atoms with Crippen LogP contribution in [0, 0.1) is 11.3 Å². The number of Topliss-reactive ketones (excluding diaryl/α,β-unsaturated/α-hetero) is 1. The van der Waals surface area contributed by atoms with Crippen LogP contribution >= 0.6 is 0 Å². The Morgan fingerprint density at radius 1 is 1.00 bits per heavy atom. The molecule has 1 atom stereocenters. The van der Waals surface area contributed by atoms with Crippen LogP contribution in [-0.2, 0) is 4.79 Å². The van der Waals surface area contributed by atoms with Gasteiger partial charge in [-0.1, -0.05) is 37.5 Å². The first-order chi connectivity index (χ1) is 8.12. The molecule has 0 N–H and O–H groups in total. The largest absolute Gasteiger partial charge is 0.295 e. The maximum Gasteiger partial charge on any atom is 0.159 e. The highest BCUT2D eigenvalue weighted by molar-refractivity contribution is 5.97. The van der Waals surface area contributed by atoms with E-state index < -0.39 is 0 Å². The molecule has 18 heavy (non-hydrogen) atoms. The fourth-order valence-electron chi connectivity index (χ4n) is 2.55. The minimum Gasteiger partial charge on any atom is -0.295 e. The Hall–Kier alpha value is -0.850. The number of ketones is 1. The van der Waals surface area contributed by atoms with Crippen molar-refractivity contribution in [2.75, 3.05) is 0 Å². The van der Waals surface area contributed by atoms with Crippen molar-refractivity contribution >= 4 is 5.78 Å². The third kappa shape index (κ3) is 3.57. The zero-order valence-electron chi connectivity index (χ0n) is 13.1. The van der Waals surface area contributed by atoms with Crippen LogP contribution in [0.4, 0.5) is 0 Å². The zero-order valence-corrected chi connectivity index (χ0v) is 13.1. The lowest BCUT2D eigenvalue weighted by Gasteiger charge is -2.29. The van der Waals surface area contributed by atoms with Gasteiger partial charge in [-0.25, -0.2) is 0 Å². The SMILES string of the molecule is CC(C)=C1CC(=C(C)C)C(=O)CC(C(C)(C)C)C1. The molecule has 0 amide bonds. The highest BCUT2D eigenvalue weighted by Crippen LogP contribution is 2.40. The fourth-order valence-corrected chi connectivity index (χ4v) is 2.55. The summed E-state index contributed by atoms with van der Waals surface area (Å²) in [5, 5.41) is 0. The lowest BCUT2D eigenvalue weighted by atomic mass is 9.75. The van der Waals surface area contributed by atoms with E-state index in [1.807, 2.05) is 0 Å².